The highest BCUT2D eigenvalue weighted by Gasteiger charge is 2.12. The normalized spacial score (nSPS) is 10.6. The molecule has 6 heteroatoms. The van der Waals surface area contributed by atoms with Crippen molar-refractivity contribution in [3.05, 3.63) is 52.6 Å². The first-order valence-electron chi connectivity index (χ1n) is 7.54. The molecule has 1 amide bonds. The van der Waals surface area contributed by atoms with E-state index in [4.69, 9.17) is 25.8 Å². The van der Waals surface area contributed by atoms with E-state index in [2.05, 4.69) is 5.32 Å². The summed E-state index contributed by atoms with van der Waals surface area (Å²) in [7, 11) is 4.62. The Balaban J connectivity index is 2.21. The lowest BCUT2D eigenvalue weighted by Crippen LogP contribution is -2.09. The lowest BCUT2D eigenvalue weighted by Gasteiger charge is -2.12. The van der Waals surface area contributed by atoms with E-state index in [-0.39, 0.29) is 5.91 Å². The SMILES string of the molecule is COc1cc(C=CC(=O)Nc2cccc(Cl)c2C)cc(OC)c1OC. The maximum absolute atomic E-state index is 12.2. The van der Waals surface area contributed by atoms with Crippen LogP contribution in [-0.2, 0) is 4.79 Å². The Hall–Kier alpha value is -2.66. The van der Waals surface area contributed by atoms with Crippen LogP contribution in [0.25, 0.3) is 6.08 Å². The summed E-state index contributed by atoms with van der Waals surface area (Å²) >= 11 is 6.06. The fraction of sp³-hybridized carbons (Fsp3) is 0.211. The number of nitrogens with one attached hydrogen (secondary N) is 1. The summed E-state index contributed by atoms with van der Waals surface area (Å²) in [4.78, 5) is 12.2. The zero-order valence-corrected chi connectivity index (χ0v) is 15.3. The average molecular weight is 362 g/mol. The molecule has 2 aromatic carbocycles. The molecule has 0 saturated carbocycles. The standard InChI is InChI=1S/C19H20ClNO4/c1-12-14(20)6-5-7-15(12)21-18(22)9-8-13-10-16(23-2)19(25-4)17(11-13)24-3/h5-11H,1-4H3,(H,21,22). The first kappa shape index (κ1) is 18.7. The smallest absolute Gasteiger partial charge is 0.248 e. The Labute approximate surface area is 152 Å². The lowest BCUT2D eigenvalue weighted by atomic mass is 10.1. The summed E-state index contributed by atoms with van der Waals surface area (Å²) in [6.07, 6.45) is 3.10. The number of rotatable bonds is 6. The van der Waals surface area contributed by atoms with E-state index in [0.29, 0.717) is 28.0 Å². The second-order valence-corrected chi connectivity index (χ2v) is 5.60. The molecule has 0 aliphatic heterocycles. The van der Waals surface area contributed by atoms with Crippen LogP contribution in [0.5, 0.6) is 17.2 Å². The molecule has 1 N–H and O–H groups in total. The second-order valence-electron chi connectivity index (χ2n) is 5.19. The number of carbonyl (C=O) groups is 1. The van der Waals surface area contributed by atoms with Crippen molar-refractivity contribution in [2.45, 2.75) is 6.92 Å². The van der Waals surface area contributed by atoms with E-state index in [1.165, 1.54) is 13.2 Å². The number of carbonyl (C=O) groups excluding carboxylic acids is 1. The molecule has 0 saturated heterocycles. The second kappa shape index (κ2) is 8.44. The Morgan fingerprint density at radius 1 is 1.08 bits per heavy atom. The Kier molecular flexibility index (Phi) is 6.31. The molecule has 0 radical (unpaired) electrons. The monoisotopic (exact) mass is 361 g/mol. The van der Waals surface area contributed by atoms with Gasteiger partial charge in [-0.3, -0.25) is 4.79 Å². The number of hydrogen-bond donors (Lipinski definition) is 1. The fourth-order valence-electron chi connectivity index (χ4n) is 2.29. The first-order valence-corrected chi connectivity index (χ1v) is 7.92. The van der Waals surface area contributed by atoms with Gasteiger partial charge in [-0.25, -0.2) is 0 Å². The quantitative estimate of drug-likeness (QED) is 0.778. The van der Waals surface area contributed by atoms with Gasteiger partial charge in [0.25, 0.3) is 0 Å². The molecule has 0 heterocycles. The molecule has 0 fully saturated rings. The average Bonchev–Trinajstić information content (AvgIpc) is 2.62. The Bertz CT molecular complexity index is 777. The highest BCUT2D eigenvalue weighted by Crippen LogP contribution is 2.38. The number of amides is 1. The van der Waals surface area contributed by atoms with Gasteiger partial charge in [0, 0.05) is 16.8 Å². The summed E-state index contributed by atoms with van der Waals surface area (Å²) in [5.74, 6) is 1.28. The molecule has 2 aromatic rings. The lowest BCUT2D eigenvalue weighted by molar-refractivity contribution is -0.111. The number of methoxy groups -OCH3 is 3. The molecule has 132 valence electrons. The van der Waals surface area contributed by atoms with Gasteiger partial charge in [-0.2, -0.15) is 0 Å². The molecular formula is C19H20ClNO4. The summed E-state index contributed by atoms with van der Waals surface area (Å²) in [6, 6.07) is 8.88. The van der Waals surface area contributed by atoms with Crippen molar-refractivity contribution in [3.8, 4) is 17.2 Å². The van der Waals surface area contributed by atoms with E-state index in [9.17, 15) is 4.79 Å². The summed E-state index contributed by atoms with van der Waals surface area (Å²) in [5, 5.41) is 3.41. The molecule has 0 aliphatic carbocycles. The van der Waals surface area contributed by atoms with Gasteiger partial charge >= 0.3 is 0 Å². The van der Waals surface area contributed by atoms with E-state index >= 15 is 0 Å². The molecule has 0 aromatic heterocycles. The van der Waals surface area contributed by atoms with Gasteiger partial charge in [0.1, 0.15) is 0 Å². The van der Waals surface area contributed by atoms with Crippen LogP contribution >= 0.6 is 11.6 Å². The van der Waals surface area contributed by atoms with Gasteiger partial charge in [-0.15, -0.1) is 0 Å². The largest absolute Gasteiger partial charge is 0.493 e. The third-order valence-electron chi connectivity index (χ3n) is 3.64. The van der Waals surface area contributed by atoms with Crippen LogP contribution in [0.3, 0.4) is 0 Å². The molecule has 0 unspecified atom stereocenters. The zero-order chi connectivity index (χ0) is 18.4. The molecule has 0 atom stereocenters. The molecule has 0 spiro atoms. The van der Waals surface area contributed by atoms with Crippen molar-refractivity contribution >= 4 is 29.3 Å². The predicted octanol–water partition coefficient (Wildman–Crippen LogP) is 4.33. The number of halogens is 1. The third-order valence-corrected chi connectivity index (χ3v) is 4.05. The summed E-state index contributed by atoms with van der Waals surface area (Å²) in [6.45, 7) is 1.85. The first-order chi connectivity index (χ1) is 12.0. The van der Waals surface area contributed by atoms with E-state index < -0.39 is 0 Å². The minimum absolute atomic E-state index is 0.265. The minimum Gasteiger partial charge on any atom is -0.493 e. The number of anilines is 1. The number of benzene rings is 2. The molecule has 2 rings (SSSR count). The Morgan fingerprint density at radius 2 is 1.72 bits per heavy atom. The van der Waals surface area contributed by atoms with E-state index in [1.807, 2.05) is 6.92 Å². The van der Waals surface area contributed by atoms with Crippen LogP contribution in [0, 0.1) is 6.92 Å². The van der Waals surface area contributed by atoms with Crippen LogP contribution in [0.4, 0.5) is 5.69 Å². The van der Waals surface area contributed by atoms with Crippen molar-refractivity contribution in [2.75, 3.05) is 26.6 Å². The van der Waals surface area contributed by atoms with E-state index in [1.54, 1.807) is 50.6 Å². The van der Waals surface area contributed by atoms with Gasteiger partial charge < -0.3 is 19.5 Å². The number of ether oxygens (including phenoxy) is 3. The summed E-state index contributed by atoms with van der Waals surface area (Å²) in [5.41, 5.74) is 2.23. The van der Waals surface area contributed by atoms with Crippen molar-refractivity contribution < 1.29 is 19.0 Å². The van der Waals surface area contributed by atoms with Crippen molar-refractivity contribution in [1.29, 1.82) is 0 Å². The van der Waals surface area contributed by atoms with Crippen LogP contribution in [-0.4, -0.2) is 27.2 Å². The van der Waals surface area contributed by atoms with Crippen molar-refractivity contribution in [3.63, 3.8) is 0 Å². The molecule has 0 aliphatic rings. The molecule has 5 nitrogen and oxygen atoms in total. The number of hydrogen-bond acceptors (Lipinski definition) is 4. The highest BCUT2D eigenvalue weighted by atomic mass is 35.5. The van der Waals surface area contributed by atoms with Gasteiger partial charge in [0.2, 0.25) is 11.7 Å². The summed E-state index contributed by atoms with van der Waals surface area (Å²) < 4.78 is 15.9. The Morgan fingerprint density at radius 3 is 2.28 bits per heavy atom. The predicted molar refractivity (Wildman–Crippen MR) is 100.0 cm³/mol. The van der Waals surface area contributed by atoms with Crippen LogP contribution < -0.4 is 19.5 Å². The highest BCUT2D eigenvalue weighted by molar-refractivity contribution is 6.31. The molecule has 0 bridgehead atoms. The van der Waals surface area contributed by atoms with Crippen molar-refractivity contribution in [1.82, 2.24) is 0 Å². The van der Waals surface area contributed by atoms with Gasteiger partial charge in [-0.1, -0.05) is 17.7 Å². The molecule has 25 heavy (non-hydrogen) atoms. The zero-order valence-electron chi connectivity index (χ0n) is 14.6. The van der Waals surface area contributed by atoms with Crippen molar-refractivity contribution in [2.24, 2.45) is 0 Å². The van der Waals surface area contributed by atoms with Crippen LogP contribution in [0.2, 0.25) is 5.02 Å². The fourth-order valence-corrected chi connectivity index (χ4v) is 2.46. The molecular weight excluding hydrogens is 342 g/mol. The minimum atomic E-state index is -0.265. The van der Waals surface area contributed by atoms with Gasteiger partial charge in [0.15, 0.2) is 11.5 Å². The third kappa shape index (κ3) is 4.45. The van der Waals surface area contributed by atoms with Crippen LogP contribution in [0.1, 0.15) is 11.1 Å². The van der Waals surface area contributed by atoms with E-state index in [0.717, 1.165) is 11.1 Å². The maximum atomic E-state index is 12.2. The van der Waals surface area contributed by atoms with Crippen LogP contribution in [0.15, 0.2) is 36.4 Å². The topological polar surface area (TPSA) is 56.8 Å². The maximum Gasteiger partial charge on any atom is 0.248 e. The van der Waals surface area contributed by atoms with Gasteiger partial charge in [-0.05, 0) is 48.4 Å². The van der Waals surface area contributed by atoms with Gasteiger partial charge in [0.05, 0.1) is 21.3 Å².